The molecular formula is C23H20N4O3. The Labute approximate surface area is 172 Å². The average Bonchev–Trinajstić information content (AvgIpc) is 3.09. The first kappa shape index (κ1) is 19.3. The van der Waals surface area contributed by atoms with Crippen LogP contribution in [0.2, 0.25) is 0 Å². The van der Waals surface area contributed by atoms with Gasteiger partial charge in [0.25, 0.3) is 5.56 Å². The number of rotatable bonds is 5. The highest BCUT2D eigenvalue weighted by Gasteiger charge is 2.20. The number of benzene rings is 2. The number of hydrogen-bond donors (Lipinski definition) is 1. The number of hydrogen-bond acceptors (Lipinski definition) is 5. The van der Waals surface area contributed by atoms with E-state index in [1.165, 1.54) is 11.8 Å². The lowest BCUT2D eigenvalue weighted by Crippen LogP contribution is -2.20. The molecule has 0 saturated carbocycles. The third-order valence-corrected chi connectivity index (χ3v) is 4.76. The molecule has 0 saturated heterocycles. The molecule has 0 aliphatic heterocycles. The first-order valence-electron chi connectivity index (χ1n) is 9.43. The number of aliphatic imine (C=N–C) groups is 1. The number of carbonyl (C=O) groups excluding carboxylic acids is 1. The molecule has 150 valence electrons. The van der Waals surface area contributed by atoms with Crippen LogP contribution in [0.4, 0.5) is 5.69 Å². The maximum atomic E-state index is 13.2. The van der Waals surface area contributed by atoms with Gasteiger partial charge in [0.2, 0.25) is 0 Å². The number of pyridine rings is 1. The van der Waals surface area contributed by atoms with Crippen LogP contribution >= 0.6 is 0 Å². The Bertz CT molecular complexity index is 1300. The van der Waals surface area contributed by atoms with Crippen molar-refractivity contribution in [3.63, 3.8) is 0 Å². The summed E-state index contributed by atoms with van der Waals surface area (Å²) in [5, 5.41) is 3.99. The zero-order valence-corrected chi connectivity index (χ0v) is 16.6. The molecule has 0 radical (unpaired) electrons. The second kappa shape index (κ2) is 8.16. The van der Waals surface area contributed by atoms with Crippen LogP contribution in [-0.2, 0) is 16.0 Å². The van der Waals surface area contributed by atoms with E-state index in [2.05, 4.69) is 15.1 Å². The van der Waals surface area contributed by atoms with Gasteiger partial charge < -0.3 is 4.74 Å². The largest absolute Gasteiger partial charge is 0.469 e. The molecule has 7 nitrogen and oxygen atoms in total. The van der Waals surface area contributed by atoms with Gasteiger partial charge in [0.1, 0.15) is 0 Å². The Hall–Kier alpha value is -4.00. The molecule has 4 aromatic rings. The van der Waals surface area contributed by atoms with Gasteiger partial charge >= 0.3 is 5.97 Å². The van der Waals surface area contributed by atoms with Crippen molar-refractivity contribution < 1.29 is 9.53 Å². The molecule has 0 aliphatic rings. The first-order valence-corrected chi connectivity index (χ1v) is 9.43. The first-order chi connectivity index (χ1) is 14.6. The summed E-state index contributed by atoms with van der Waals surface area (Å²) in [4.78, 5) is 34.1. The normalized spacial score (nSPS) is 11.6. The molecule has 0 spiro atoms. The van der Waals surface area contributed by atoms with E-state index < -0.39 is 5.97 Å². The molecule has 2 aromatic carbocycles. The van der Waals surface area contributed by atoms with Crippen molar-refractivity contribution in [3.05, 3.63) is 88.5 Å². The van der Waals surface area contributed by atoms with Crippen molar-refractivity contribution in [2.45, 2.75) is 13.3 Å². The third-order valence-electron chi connectivity index (χ3n) is 4.76. The summed E-state index contributed by atoms with van der Waals surface area (Å²) in [5.74, 6) is -0.446. The van der Waals surface area contributed by atoms with Crippen molar-refractivity contribution in [1.29, 1.82) is 0 Å². The zero-order valence-electron chi connectivity index (χ0n) is 16.6. The lowest BCUT2D eigenvalue weighted by atomic mass is 10.1. The maximum Gasteiger partial charge on any atom is 0.311 e. The number of methoxy groups -OCH3 is 1. The van der Waals surface area contributed by atoms with Gasteiger partial charge in [-0.25, -0.2) is 4.68 Å². The molecule has 0 aliphatic carbocycles. The molecule has 2 heterocycles. The number of aromatic amines is 1. The van der Waals surface area contributed by atoms with Crippen LogP contribution < -0.4 is 5.56 Å². The summed E-state index contributed by atoms with van der Waals surface area (Å²) < 4.78 is 6.20. The number of nitrogens with zero attached hydrogens (tertiary/aromatic N) is 3. The summed E-state index contributed by atoms with van der Waals surface area (Å²) in [6, 6.07) is 18.8. The number of H-pyrrole nitrogens is 1. The van der Waals surface area contributed by atoms with E-state index >= 15 is 0 Å². The average molecular weight is 400 g/mol. The van der Waals surface area contributed by atoms with Crippen molar-refractivity contribution in [3.8, 4) is 5.69 Å². The van der Waals surface area contributed by atoms with E-state index in [0.29, 0.717) is 28.3 Å². The standard InChI is InChI=1S/C23H20N4O3/c1-15(25-17-12-16-8-6-7-11-19(16)24-14-17)22-20(13-21(28)30-2)26-27(23(22)29)18-9-4-3-5-10-18/h3-12,14,26H,13H2,1-2H3. The summed E-state index contributed by atoms with van der Waals surface area (Å²) >= 11 is 0. The molecule has 4 rings (SSSR count). The number of carbonyl (C=O) groups is 1. The van der Waals surface area contributed by atoms with E-state index in [-0.39, 0.29) is 12.0 Å². The minimum atomic E-state index is -0.446. The highest BCUT2D eigenvalue weighted by Crippen LogP contribution is 2.20. The highest BCUT2D eigenvalue weighted by atomic mass is 16.5. The SMILES string of the molecule is COC(=O)Cc1[nH]n(-c2ccccc2)c(=O)c1C(C)=Nc1cnc2ccccc2c1. The van der Waals surface area contributed by atoms with Crippen molar-refractivity contribution >= 4 is 28.3 Å². The fraction of sp³-hybridized carbons (Fsp3) is 0.130. The van der Waals surface area contributed by atoms with E-state index in [9.17, 15) is 9.59 Å². The second-order valence-corrected chi connectivity index (χ2v) is 6.78. The van der Waals surface area contributed by atoms with E-state index in [0.717, 1.165) is 10.9 Å². The fourth-order valence-corrected chi connectivity index (χ4v) is 3.33. The molecular weight excluding hydrogens is 380 g/mol. The zero-order chi connectivity index (χ0) is 21.1. The van der Waals surface area contributed by atoms with Crippen LogP contribution in [-0.4, -0.2) is 33.6 Å². The Morgan fingerprint density at radius 2 is 1.87 bits per heavy atom. The van der Waals surface area contributed by atoms with E-state index in [4.69, 9.17) is 4.74 Å². The van der Waals surface area contributed by atoms with Crippen molar-refractivity contribution in [2.24, 2.45) is 4.99 Å². The lowest BCUT2D eigenvalue weighted by molar-refractivity contribution is -0.139. The lowest BCUT2D eigenvalue weighted by Gasteiger charge is -2.03. The van der Waals surface area contributed by atoms with Crippen LogP contribution in [0.1, 0.15) is 18.2 Å². The maximum absolute atomic E-state index is 13.2. The van der Waals surface area contributed by atoms with Gasteiger partial charge in [-0.2, -0.15) is 0 Å². The van der Waals surface area contributed by atoms with Gasteiger partial charge in [0, 0.05) is 5.39 Å². The second-order valence-electron chi connectivity index (χ2n) is 6.78. The van der Waals surface area contributed by atoms with Crippen LogP contribution in [0.3, 0.4) is 0 Å². The number of esters is 1. The van der Waals surface area contributed by atoms with Crippen molar-refractivity contribution in [1.82, 2.24) is 14.8 Å². The molecule has 30 heavy (non-hydrogen) atoms. The summed E-state index contributed by atoms with van der Waals surface area (Å²) in [6.45, 7) is 1.75. The number of fused-ring (bicyclic) bond motifs is 1. The molecule has 1 N–H and O–H groups in total. The number of aromatic nitrogens is 3. The van der Waals surface area contributed by atoms with Gasteiger partial charge in [-0.15, -0.1) is 0 Å². The van der Waals surface area contributed by atoms with E-state index in [1.807, 2.05) is 60.7 Å². The number of ether oxygens (including phenoxy) is 1. The number of para-hydroxylation sites is 2. The molecule has 0 bridgehead atoms. The fourth-order valence-electron chi connectivity index (χ4n) is 3.33. The third kappa shape index (κ3) is 3.77. The van der Waals surface area contributed by atoms with Gasteiger partial charge in [-0.3, -0.25) is 24.7 Å². The summed E-state index contributed by atoms with van der Waals surface area (Å²) in [7, 11) is 1.32. The summed E-state index contributed by atoms with van der Waals surface area (Å²) in [6.07, 6.45) is 1.60. The highest BCUT2D eigenvalue weighted by molar-refractivity contribution is 6.02. The van der Waals surface area contributed by atoms with Crippen molar-refractivity contribution in [2.75, 3.05) is 7.11 Å². The predicted octanol–water partition coefficient (Wildman–Crippen LogP) is 3.57. The van der Waals surface area contributed by atoms with Crippen LogP contribution in [0.5, 0.6) is 0 Å². The minimum Gasteiger partial charge on any atom is -0.469 e. The molecule has 2 aromatic heterocycles. The molecule has 7 heteroatoms. The predicted molar refractivity (Wildman–Crippen MR) is 116 cm³/mol. The Balaban J connectivity index is 1.82. The molecule has 0 atom stereocenters. The smallest absolute Gasteiger partial charge is 0.311 e. The van der Waals surface area contributed by atoms with Crippen LogP contribution in [0.15, 0.2) is 76.6 Å². The van der Waals surface area contributed by atoms with Gasteiger partial charge in [0.15, 0.2) is 0 Å². The van der Waals surface area contributed by atoms with Gasteiger partial charge in [-0.1, -0.05) is 36.4 Å². The quantitative estimate of drug-likeness (QED) is 0.410. The molecule has 0 fully saturated rings. The minimum absolute atomic E-state index is 0.0657. The monoisotopic (exact) mass is 400 g/mol. The van der Waals surface area contributed by atoms with E-state index in [1.54, 1.807) is 13.1 Å². The van der Waals surface area contributed by atoms with Crippen LogP contribution in [0.25, 0.3) is 16.6 Å². The Morgan fingerprint density at radius 3 is 2.63 bits per heavy atom. The van der Waals surface area contributed by atoms with Gasteiger partial charge in [-0.05, 0) is 31.2 Å². The Morgan fingerprint density at radius 1 is 1.13 bits per heavy atom. The molecule has 0 amide bonds. The van der Waals surface area contributed by atoms with Crippen LogP contribution in [0, 0.1) is 0 Å². The van der Waals surface area contributed by atoms with Gasteiger partial charge in [0.05, 0.1) is 53.6 Å². The topological polar surface area (TPSA) is 89.3 Å². The Kier molecular flexibility index (Phi) is 5.26. The molecule has 0 unspecified atom stereocenters. The summed E-state index contributed by atoms with van der Waals surface area (Å²) in [5.41, 5.74) is 3.16. The number of nitrogens with one attached hydrogen (secondary N) is 1.